The Kier molecular flexibility index (Phi) is 4.71. The number of para-hydroxylation sites is 1. The van der Waals surface area contributed by atoms with E-state index in [1.54, 1.807) is 6.92 Å². The van der Waals surface area contributed by atoms with Crippen LogP contribution in [0.2, 0.25) is 0 Å². The molecule has 4 rings (SSSR count). The first-order valence-electron chi connectivity index (χ1n) is 8.77. The van der Waals surface area contributed by atoms with E-state index in [1.165, 1.54) is 16.4 Å². The second-order valence-corrected chi connectivity index (χ2v) is 8.62. The molecule has 1 saturated heterocycles. The van der Waals surface area contributed by atoms with Crippen molar-refractivity contribution in [1.82, 2.24) is 14.4 Å². The van der Waals surface area contributed by atoms with Crippen molar-refractivity contribution in [3.63, 3.8) is 0 Å². The quantitative estimate of drug-likeness (QED) is 0.686. The topological polar surface area (TPSA) is 66.7 Å². The summed E-state index contributed by atoms with van der Waals surface area (Å²) in [5.74, 6) is -0.546. The number of hydrogen-bond acceptors (Lipinski definition) is 5. The minimum Gasteiger partial charge on any atom is -0.356 e. The van der Waals surface area contributed by atoms with Crippen LogP contribution in [0.3, 0.4) is 0 Å². The lowest BCUT2D eigenvalue weighted by Crippen LogP contribution is -2.48. The highest BCUT2D eigenvalue weighted by Crippen LogP contribution is 2.24. The fraction of sp³-hybridized carbons (Fsp3) is 0.316. The zero-order valence-corrected chi connectivity index (χ0v) is 15.7. The third-order valence-electron chi connectivity index (χ3n) is 4.92. The minimum atomic E-state index is -3.70. The molecule has 142 valence electrons. The second kappa shape index (κ2) is 7.03. The van der Waals surface area contributed by atoms with E-state index in [2.05, 4.69) is 10.1 Å². The molecule has 0 bridgehead atoms. The van der Waals surface area contributed by atoms with Gasteiger partial charge in [0.2, 0.25) is 10.0 Å². The van der Waals surface area contributed by atoms with Crippen LogP contribution < -0.4 is 0 Å². The van der Waals surface area contributed by atoms with Gasteiger partial charge in [-0.2, -0.15) is 4.31 Å². The number of sulfonamides is 1. The van der Waals surface area contributed by atoms with Gasteiger partial charge >= 0.3 is 0 Å². The zero-order chi connectivity index (χ0) is 19.0. The Labute approximate surface area is 157 Å². The molecule has 0 saturated carbocycles. The minimum absolute atomic E-state index is 0.0402. The normalized spacial score (nSPS) is 16.8. The van der Waals surface area contributed by atoms with Crippen LogP contribution >= 0.6 is 0 Å². The molecule has 1 aliphatic rings. The van der Waals surface area contributed by atoms with Crippen molar-refractivity contribution >= 4 is 21.0 Å². The number of aromatic nitrogens is 1. The SMILES string of the molecule is Cc1ccc(F)cc1S(=O)(=O)N1CCN(Cc2noc3ccccc23)CC1. The van der Waals surface area contributed by atoms with Crippen LogP contribution in [0.5, 0.6) is 0 Å². The maximum absolute atomic E-state index is 13.5. The highest BCUT2D eigenvalue weighted by molar-refractivity contribution is 7.89. The molecule has 2 heterocycles. The zero-order valence-electron chi connectivity index (χ0n) is 14.9. The maximum Gasteiger partial charge on any atom is 0.243 e. The summed E-state index contributed by atoms with van der Waals surface area (Å²) >= 11 is 0. The summed E-state index contributed by atoms with van der Waals surface area (Å²) in [6.07, 6.45) is 0. The Morgan fingerprint density at radius 3 is 2.63 bits per heavy atom. The van der Waals surface area contributed by atoms with Crippen molar-refractivity contribution < 1.29 is 17.3 Å². The Morgan fingerprint density at radius 1 is 1.11 bits per heavy atom. The number of fused-ring (bicyclic) bond motifs is 1. The van der Waals surface area contributed by atoms with E-state index in [9.17, 15) is 12.8 Å². The van der Waals surface area contributed by atoms with Crippen molar-refractivity contribution in [1.29, 1.82) is 0 Å². The Hall–Kier alpha value is -2.29. The Morgan fingerprint density at radius 2 is 1.85 bits per heavy atom. The molecule has 2 aromatic carbocycles. The first-order valence-corrected chi connectivity index (χ1v) is 10.2. The average Bonchev–Trinajstić information content (AvgIpc) is 3.07. The largest absolute Gasteiger partial charge is 0.356 e. The lowest BCUT2D eigenvalue weighted by molar-refractivity contribution is 0.178. The first-order chi connectivity index (χ1) is 12.9. The van der Waals surface area contributed by atoms with E-state index < -0.39 is 15.8 Å². The van der Waals surface area contributed by atoms with Crippen LogP contribution in [0, 0.1) is 12.7 Å². The summed E-state index contributed by atoms with van der Waals surface area (Å²) < 4.78 is 46.0. The summed E-state index contributed by atoms with van der Waals surface area (Å²) in [6, 6.07) is 11.5. The van der Waals surface area contributed by atoms with Crippen molar-refractivity contribution in [2.75, 3.05) is 26.2 Å². The fourth-order valence-corrected chi connectivity index (χ4v) is 5.04. The van der Waals surface area contributed by atoms with E-state index in [0.717, 1.165) is 22.7 Å². The van der Waals surface area contributed by atoms with Gasteiger partial charge in [0.15, 0.2) is 5.58 Å². The van der Waals surface area contributed by atoms with Gasteiger partial charge in [-0.15, -0.1) is 0 Å². The van der Waals surface area contributed by atoms with Gasteiger partial charge in [-0.3, -0.25) is 4.90 Å². The van der Waals surface area contributed by atoms with Crippen molar-refractivity contribution in [3.05, 3.63) is 59.5 Å². The first kappa shape index (κ1) is 18.1. The number of aryl methyl sites for hydroxylation is 1. The van der Waals surface area contributed by atoms with Gasteiger partial charge in [0, 0.05) is 38.1 Å². The second-order valence-electron chi connectivity index (χ2n) is 6.72. The molecular weight excluding hydrogens is 369 g/mol. The standard InChI is InChI=1S/C19H20FN3O3S/c1-14-6-7-15(20)12-19(14)27(24,25)23-10-8-22(9-11-23)13-17-16-4-2-3-5-18(16)26-21-17/h2-7,12H,8-11,13H2,1H3. The van der Waals surface area contributed by atoms with Crippen molar-refractivity contribution in [3.8, 4) is 0 Å². The monoisotopic (exact) mass is 389 g/mol. The lowest BCUT2D eigenvalue weighted by Gasteiger charge is -2.33. The van der Waals surface area contributed by atoms with Gasteiger partial charge < -0.3 is 4.52 Å². The van der Waals surface area contributed by atoms with E-state index in [0.29, 0.717) is 38.3 Å². The number of piperazine rings is 1. The summed E-state index contributed by atoms with van der Waals surface area (Å²) in [5, 5.41) is 5.11. The predicted octanol–water partition coefficient (Wildman–Crippen LogP) is 2.78. The summed E-state index contributed by atoms with van der Waals surface area (Å²) in [7, 11) is -3.70. The molecule has 0 amide bonds. The number of hydrogen-bond donors (Lipinski definition) is 0. The molecule has 27 heavy (non-hydrogen) atoms. The van der Waals surface area contributed by atoms with Crippen LogP contribution in [0.4, 0.5) is 4.39 Å². The Balaban J connectivity index is 1.46. The summed E-state index contributed by atoms with van der Waals surface area (Å²) in [5.41, 5.74) is 2.14. The number of nitrogens with zero attached hydrogens (tertiary/aromatic N) is 3. The molecule has 1 aliphatic heterocycles. The lowest BCUT2D eigenvalue weighted by atomic mass is 10.2. The fourth-order valence-electron chi connectivity index (χ4n) is 3.38. The molecule has 6 nitrogen and oxygen atoms in total. The third-order valence-corrected chi connectivity index (χ3v) is 6.97. The molecule has 0 radical (unpaired) electrons. The molecule has 0 aliphatic carbocycles. The summed E-state index contributed by atoms with van der Waals surface area (Å²) in [6.45, 7) is 4.15. The predicted molar refractivity (Wildman–Crippen MR) is 99.2 cm³/mol. The van der Waals surface area contributed by atoms with Gasteiger partial charge in [-0.05, 0) is 36.8 Å². The number of halogens is 1. The molecule has 0 N–H and O–H groups in total. The molecule has 0 atom stereocenters. The van der Waals surface area contributed by atoms with Crippen LogP contribution in [0.1, 0.15) is 11.3 Å². The average molecular weight is 389 g/mol. The molecule has 1 fully saturated rings. The Bertz CT molecular complexity index is 1070. The van der Waals surface area contributed by atoms with Gasteiger partial charge in [-0.1, -0.05) is 23.4 Å². The van der Waals surface area contributed by atoms with Crippen LogP contribution in [-0.2, 0) is 16.6 Å². The van der Waals surface area contributed by atoms with Crippen LogP contribution in [0.15, 0.2) is 51.9 Å². The molecule has 8 heteroatoms. The van der Waals surface area contributed by atoms with E-state index in [4.69, 9.17) is 4.52 Å². The third kappa shape index (κ3) is 3.47. The van der Waals surface area contributed by atoms with Gasteiger partial charge in [-0.25, -0.2) is 12.8 Å². The van der Waals surface area contributed by atoms with Gasteiger partial charge in [0.1, 0.15) is 11.5 Å². The molecule has 0 spiro atoms. The van der Waals surface area contributed by atoms with E-state index >= 15 is 0 Å². The van der Waals surface area contributed by atoms with E-state index in [1.807, 2.05) is 24.3 Å². The van der Waals surface area contributed by atoms with Crippen LogP contribution in [-0.4, -0.2) is 49.0 Å². The smallest absolute Gasteiger partial charge is 0.243 e. The maximum atomic E-state index is 13.5. The van der Waals surface area contributed by atoms with Gasteiger partial charge in [0.25, 0.3) is 0 Å². The van der Waals surface area contributed by atoms with E-state index in [-0.39, 0.29) is 4.90 Å². The molecule has 0 unspecified atom stereocenters. The van der Waals surface area contributed by atoms with Gasteiger partial charge in [0.05, 0.1) is 4.90 Å². The van der Waals surface area contributed by atoms with Crippen LogP contribution in [0.25, 0.3) is 11.0 Å². The molecular formula is C19H20FN3O3S. The molecule has 1 aromatic heterocycles. The van der Waals surface area contributed by atoms with Crippen molar-refractivity contribution in [2.45, 2.75) is 18.4 Å². The summed E-state index contributed by atoms with van der Waals surface area (Å²) in [4.78, 5) is 2.19. The number of rotatable bonds is 4. The molecule has 3 aromatic rings. The highest BCUT2D eigenvalue weighted by atomic mass is 32.2. The van der Waals surface area contributed by atoms with Crippen molar-refractivity contribution in [2.24, 2.45) is 0 Å². The highest BCUT2D eigenvalue weighted by Gasteiger charge is 2.30. The number of benzene rings is 2.